The molecule has 1 aliphatic heterocycles. The normalized spacial score (nSPS) is 14.5. The van der Waals surface area contributed by atoms with Crippen LogP contribution in [-0.4, -0.2) is 33.8 Å². The molecule has 40 heavy (non-hydrogen) atoms. The lowest BCUT2D eigenvalue weighted by atomic mass is 9.94. The van der Waals surface area contributed by atoms with Gasteiger partial charge in [0.1, 0.15) is 16.9 Å². The first-order valence-electron chi connectivity index (χ1n) is 13.1. The monoisotopic (exact) mass is 598 g/mol. The van der Waals surface area contributed by atoms with Crippen molar-refractivity contribution >= 4 is 55.6 Å². The summed E-state index contributed by atoms with van der Waals surface area (Å²) in [6, 6.07) is 23.2. The Bertz CT molecular complexity index is 1700. The van der Waals surface area contributed by atoms with Gasteiger partial charge in [-0.1, -0.05) is 76.6 Å². The van der Waals surface area contributed by atoms with E-state index in [1.54, 1.807) is 0 Å². The molecular formula is C33H31BrN2O4. The van der Waals surface area contributed by atoms with Gasteiger partial charge in [-0.25, -0.2) is 14.6 Å². The van der Waals surface area contributed by atoms with Crippen LogP contribution in [0.1, 0.15) is 74.4 Å². The van der Waals surface area contributed by atoms with E-state index < -0.39 is 23.1 Å². The third-order valence-corrected chi connectivity index (χ3v) is 6.72. The highest BCUT2D eigenvalue weighted by Gasteiger charge is 2.33. The maximum Gasteiger partial charge on any atom is 0.358 e. The van der Waals surface area contributed by atoms with Crippen LogP contribution in [0.2, 0.25) is 0 Å². The summed E-state index contributed by atoms with van der Waals surface area (Å²) in [5.74, 6) is -0.934. The average Bonchev–Trinajstić information content (AvgIpc) is 3.44. The van der Waals surface area contributed by atoms with Crippen molar-refractivity contribution in [2.24, 2.45) is 4.99 Å². The van der Waals surface area contributed by atoms with E-state index in [4.69, 9.17) is 14.5 Å². The molecular weight excluding hydrogens is 568 g/mol. The van der Waals surface area contributed by atoms with E-state index in [9.17, 15) is 9.59 Å². The molecule has 0 amide bonds. The molecule has 7 heteroatoms. The SMILES string of the molecule is CC(C)(C)OC(=O)C1=N/C(=C(\c2ccc(Br)cc2)c2[nH]c(C(=O)OC(C)(C)C)c3ccccc23)c2ccccc21. The summed E-state index contributed by atoms with van der Waals surface area (Å²) in [5, 5.41) is 1.58. The first kappa shape index (κ1) is 27.6. The summed E-state index contributed by atoms with van der Waals surface area (Å²) >= 11 is 3.53. The Hall–Kier alpha value is -3.97. The quantitative estimate of drug-likeness (QED) is 0.242. The van der Waals surface area contributed by atoms with E-state index in [0.717, 1.165) is 31.9 Å². The number of fused-ring (bicyclic) bond motifs is 2. The average molecular weight is 600 g/mol. The zero-order valence-electron chi connectivity index (χ0n) is 23.4. The van der Waals surface area contributed by atoms with Gasteiger partial charge in [0, 0.05) is 31.9 Å². The van der Waals surface area contributed by atoms with E-state index in [1.165, 1.54) is 0 Å². The number of aliphatic imine (C=N–C) groups is 1. The Morgan fingerprint density at radius 1 is 0.700 bits per heavy atom. The van der Waals surface area contributed by atoms with Crippen molar-refractivity contribution in [1.82, 2.24) is 4.98 Å². The largest absolute Gasteiger partial charge is 0.455 e. The smallest absolute Gasteiger partial charge is 0.358 e. The lowest BCUT2D eigenvalue weighted by Gasteiger charge is -2.19. The molecule has 0 spiro atoms. The summed E-state index contributed by atoms with van der Waals surface area (Å²) in [5.41, 5.74) is 3.72. The van der Waals surface area contributed by atoms with Crippen molar-refractivity contribution in [3.05, 3.63) is 105 Å². The first-order chi connectivity index (χ1) is 18.8. The Labute approximate surface area is 242 Å². The number of hydrogen-bond donors (Lipinski definition) is 1. The fourth-order valence-electron chi connectivity index (χ4n) is 4.68. The second-order valence-corrected chi connectivity index (χ2v) is 12.6. The van der Waals surface area contributed by atoms with Crippen LogP contribution < -0.4 is 0 Å². The van der Waals surface area contributed by atoms with Gasteiger partial charge < -0.3 is 14.5 Å². The molecule has 1 aromatic heterocycles. The van der Waals surface area contributed by atoms with Crippen LogP contribution in [-0.2, 0) is 14.3 Å². The Kier molecular flexibility index (Phi) is 7.04. The van der Waals surface area contributed by atoms with Gasteiger partial charge in [0.05, 0.1) is 11.4 Å². The number of benzene rings is 3. The number of nitrogens with one attached hydrogen (secondary N) is 1. The van der Waals surface area contributed by atoms with Crippen molar-refractivity contribution in [1.29, 1.82) is 0 Å². The molecule has 0 saturated heterocycles. The van der Waals surface area contributed by atoms with Crippen LogP contribution >= 0.6 is 15.9 Å². The number of H-pyrrole nitrogens is 1. The van der Waals surface area contributed by atoms with Crippen LogP contribution in [0.15, 0.2) is 82.3 Å². The molecule has 0 bridgehead atoms. The topological polar surface area (TPSA) is 80.8 Å². The molecule has 204 valence electrons. The predicted molar refractivity (Wildman–Crippen MR) is 162 cm³/mol. The molecule has 5 rings (SSSR count). The minimum absolute atomic E-state index is 0.248. The summed E-state index contributed by atoms with van der Waals surface area (Å²) in [7, 11) is 0. The van der Waals surface area contributed by atoms with Crippen LogP contribution in [0.3, 0.4) is 0 Å². The molecule has 1 N–H and O–H groups in total. The van der Waals surface area contributed by atoms with Crippen LogP contribution in [0.25, 0.3) is 22.0 Å². The van der Waals surface area contributed by atoms with Crippen molar-refractivity contribution in [3.8, 4) is 0 Å². The van der Waals surface area contributed by atoms with Gasteiger partial charge in [-0.2, -0.15) is 0 Å². The minimum atomic E-state index is -0.673. The number of nitrogens with zero attached hydrogens (tertiary/aromatic N) is 1. The second-order valence-electron chi connectivity index (χ2n) is 11.7. The summed E-state index contributed by atoms with van der Waals surface area (Å²) < 4.78 is 12.4. The number of carbonyl (C=O) groups excluding carboxylic acids is 2. The molecule has 2 heterocycles. The summed E-state index contributed by atoms with van der Waals surface area (Å²) in [6.07, 6.45) is 0. The van der Waals surface area contributed by atoms with Gasteiger partial charge in [0.15, 0.2) is 5.71 Å². The number of ether oxygens (including phenoxy) is 2. The van der Waals surface area contributed by atoms with Crippen molar-refractivity contribution < 1.29 is 19.1 Å². The molecule has 0 fully saturated rings. The van der Waals surface area contributed by atoms with Crippen LogP contribution in [0.5, 0.6) is 0 Å². The standard InChI is InChI=1S/C33H31BrN2O4/c1-32(2,3)39-30(37)28-23-13-9-7-11-21(23)26(35-28)25(19-15-17-20(34)18-16-19)27-22-12-8-10-14-24(22)29(36-27)31(38)40-33(4,5)6/h7-18,35H,1-6H3/b27-25+. The Balaban J connectivity index is 1.82. The number of aromatic amines is 1. The molecule has 1 aliphatic rings. The van der Waals surface area contributed by atoms with Gasteiger partial charge in [0.2, 0.25) is 0 Å². The van der Waals surface area contributed by atoms with Crippen LogP contribution in [0, 0.1) is 0 Å². The van der Waals surface area contributed by atoms with Gasteiger partial charge in [0.25, 0.3) is 0 Å². The maximum absolute atomic E-state index is 13.3. The van der Waals surface area contributed by atoms with Gasteiger partial charge in [-0.05, 0) is 59.2 Å². The lowest BCUT2D eigenvalue weighted by molar-refractivity contribution is -0.146. The molecule has 0 radical (unpaired) electrons. The fraction of sp³-hybridized carbons (Fsp3) is 0.242. The molecule has 0 aliphatic carbocycles. The van der Waals surface area contributed by atoms with Crippen molar-refractivity contribution in [3.63, 3.8) is 0 Å². The number of hydrogen-bond acceptors (Lipinski definition) is 5. The molecule has 0 unspecified atom stereocenters. The number of carbonyl (C=O) groups is 2. The zero-order chi connectivity index (χ0) is 28.8. The van der Waals surface area contributed by atoms with Gasteiger partial charge in [-0.3, -0.25) is 0 Å². The highest BCUT2D eigenvalue weighted by atomic mass is 79.9. The third-order valence-electron chi connectivity index (χ3n) is 6.19. The van der Waals surface area contributed by atoms with Crippen LogP contribution in [0.4, 0.5) is 0 Å². The van der Waals surface area contributed by atoms with E-state index in [-0.39, 0.29) is 5.71 Å². The van der Waals surface area contributed by atoms with E-state index >= 15 is 0 Å². The highest BCUT2D eigenvalue weighted by molar-refractivity contribution is 9.10. The number of halogens is 1. The summed E-state index contributed by atoms with van der Waals surface area (Å²) in [6.45, 7) is 11.0. The third kappa shape index (κ3) is 5.52. The minimum Gasteiger partial charge on any atom is -0.455 e. The zero-order valence-corrected chi connectivity index (χ0v) is 25.0. The Morgan fingerprint density at radius 2 is 1.23 bits per heavy atom. The molecule has 3 aromatic carbocycles. The maximum atomic E-state index is 13.3. The predicted octanol–water partition coefficient (Wildman–Crippen LogP) is 7.95. The fourth-order valence-corrected chi connectivity index (χ4v) is 4.95. The van der Waals surface area contributed by atoms with E-state index in [0.29, 0.717) is 22.6 Å². The van der Waals surface area contributed by atoms with Gasteiger partial charge >= 0.3 is 11.9 Å². The van der Waals surface area contributed by atoms with E-state index in [1.807, 2.05) is 114 Å². The second kappa shape index (κ2) is 10.2. The highest BCUT2D eigenvalue weighted by Crippen LogP contribution is 2.42. The Morgan fingerprint density at radius 3 is 1.82 bits per heavy atom. The number of aromatic nitrogens is 1. The number of rotatable bonds is 4. The van der Waals surface area contributed by atoms with E-state index in [2.05, 4.69) is 20.9 Å². The lowest BCUT2D eigenvalue weighted by Crippen LogP contribution is -2.28. The molecule has 0 atom stereocenters. The number of esters is 2. The van der Waals surface area contributed by atoms with Gasteiger partial charge in [-0.15, -0.1) is 0 Å². The molecule has 4 aromatic rings. The first-order valence-corrected chi connectivity index (χ1v) is 13.9. The van der Waals surface area contributed by atoms with Crippen molar-refractivity contribution in [2.45, 2.75) is 52.7 Å². The van der Waals surface area contributed by atoms with Crippen molar-refractivity contribution in [2.75, 3.05) is 0 Å². The molecule has 6 nitrogen and oxygen atoms in total. The molecule has 0 saturated carbocycles. The summed E-state index contributed by atoms with van der Waals surface area (Å²) in [4.78, 5) is 34.9.